The van der Waals surface area contributed by atoms with Crippen LogP contribution in [0.25, 0.3) is 11.0 Å². The smallest absolute Gasteiger partial charge is 0.272 e. The lowest BCUT2D eigenvalue weighted by Crippen LogP contribution is -2.36. The van der Waals surface area contributed by atoms with E-state index in [4.69, 9.17) is 0 Å². The van der Waals surface area contributed by atoms with Gasteiger partial charge in [0, 0.05) is 6.04 Å². The molecule has 4 rings (SSSR count). The molecule has 0 aliphatic carbocycles. The van der Waals surface area contributed by atoms with Gasteiger partial charge in [-0.05, 0) is 50.1 Å². The van der Waals surface area contributed by atoms with Crippen LogP contribution < -0.4 is 5.32 Å². The highest BCUT2D eigenvalue weighted by Gasteiger charge is 2.15. The number of hydrogen-bond acceptors (Lipinski definition) is 5. The zero-order valence-electron chi connectivity index (χ0n) is 16.0. The van der Waals surface area contributed by atoms with Crippen molar-refractivity contribution in [2.24, 2.45) is 0 Å². The van der Waals surface area contributed by atoms with Gasteiger partial charge in [0.2, 0.25) is 0 Å². The van der Waals surface area contributed by atoms with Gasteiger partial charge in [0.15, 0.2) is 0 Å². The summed E-state index contributed by atoms with van der Waals surface area (Å²) < 4.78 is 3.72. The second-order valence-corrected chi connectivity index (χ2v) is 7.07. The molecule has 144 valence electrons. The first-order valence-electron chi connectivity index (χ1n) is 9.09. The Labute approximate surface area is 161 Å². The number of hydrogen-bond donors (Lipinski definition) is 2. The number of fused-ring (bicyclic) bond motifs is 1. The van der Waals surface area contributed by atoms with Crippen LogP contribution in [0.2, 0.25) is 0 Å². The summed E-state index contributed by atoms with van der Waals surface area (Å²) in [6.45, 7) is 7.19. The molecule has 0 fully saturated rings. The average Bonchev–Trinajstić information content (AvgIpc) is 3.39. The number of benzene rings is 1. The number of amides is 1. The number of rotatable bonds is 6. The van der Waals surface area contributed by atoms with Gasteiger partial charge in [0.05, 0.1) is 36.1 Å². The standard InChI is InChI=1S/C19H22N8O/c1-12-4-16-18(5-13(12)2)26(11-21-16)8-15-6-17(25-24-15)19(28)23-14(3)7-27-10-20-9-22-27/h4-6,9-11,14H,7-8H2,1-3H3,(H,23,28)(H,24,25)/t14-/m0/s1. The van der Waals surface area contributed by atoms with Crippen molar-refractivity contribution in [1.29, 1.82) is 0 Å². The van der Waals surface area contributed by atoms with E-state index in [2.05, 4.69) is 56.6 Å². The fraction of sp³-hybridized carbons (Fsp3) is 0.316. The van der Waals surface area contributed by atoms with E-state index in [9.17, 15) is 4.79 Å². The fourth-order valence-electron chi connectivity index (χ4n) is 3.13. The first-order chi connectivity index (χ1) is 13.5. The van der Waals surface area contributed by atoms with Gasteiger partial charge in [-0.3, -0.25) is 14.6 Å². The number of aromatic nitrogens is 7. The topological polar surface area (TPSA) is 106 Å². The first kappa shape index (κ1) is 17.9. The second kappa shape index (κ2) is 7.26. The van der Waals surface area contributed by atoms with Gasteiger partial charge in [0.25, 0.3) is 5.91 Å². The van der Waals surface area contributed by atoms with E-state index in [0.29, 0.717) is 18.8 Å². The van der Waals surface area contributed by atoms with E-state index < -0.39 is 0 Å². The summed E-state index contributed by atoms with van der Waals surface area (Å²) in [7, 11) is 0. The normalized spacial score (nSPS) is 12.4. The molecule has 9 heteroatoms. The van der Waals surface area contributed by atoms with Crippen LogP contribution in [0.3, 0.4) is 0 Å². The minimum absolute atomic E-state index is 0.0989. The van der Waals surface area contributed by atoms with Crippen LogP contribution in [0.15, 0.2) is 37.2 Å². The Bertz CT molecular complexity index is 1110. The number of nitrogens with zero attached hydrogens (tertiary/aromatic N) is 6. The molecule has 28 heavy (non-hydrogen) atoms. The third-order valence-electron chi connectivity index (χ3n) is 4.75. The molecule has 2 N–H and O–H groups in total. The molecule has 1 amide bonds. The van der Waals surface area contributed by atoms with Crippen LogP contribution in [0, 0.1) is 13.8 Å². The largest absolute Gasteiger partial charge is 0.346 e. The highest BCUT2D eigenvalue weighted by atomic mass is 16.2. The van der Waals surface area contributed by atoms with Crippen LogP contribution in [0.1, 0.15) is 34.2 Å². The Hall–Kier alpha value is -3.49. The van der Waals surface area contributed by atoms with Crippen LogP contribution >= 0.6 is 0 Å². The SMILES string of the molecule is Cc1cc2ncn(Cc3cc(C(=O)N[C@@H](C)Cn4cncn4)n[nH]3)c2cc1C. The van der Waals surface area contributed by atoms with E-state index in [0.717, 1.165) is 16.7 Å². The molecule has 0 bridgehead atoms. The van der Waals surface area contributed by atoms with Gasteiger partial charge in [-0.15, -0.1) is 0 Å². The summed E-state index contributed by atoms with van der Waals surface area (Å²) in [4.78, 5) is 20.8. The van der Waals surface area contributed by atoms with Gasteiger partial charge in [-0.25, -0.2) is 9.97 Å². The van der Waals surface area contributed by atoms with Crippen molar-refractivity contribution in [3.05, 3.63) is 59.7 Å². The fourth-order valence-corrected chi connectivity index (χ4v) is 3.13. The Kier molecular flexibility index (Phi) is 4.64. The zero-order chi connectivity index (χ0) is 19.7. The van der Waals surface area contributed by atoms with E-state index in [-0.39, 0.29) is 11.9 Å². The van der Waals surface area contributed by atoms with Crippen LogP contribution in [0.5, 0.6) is 0 Å². The quantitative estimate of drug-likeness (QED) is 0.532. The van der Waals surface area contributed by atoms with Crippen LogP contribution in [-0.4, -0.2) is 46.5 Å². The summed E-state index contributed by atoms with van der Waals surface area (Å²) in [5, 5.41) is 14.1. The maximum atomic E-state index is 12.4. The molecule has 3 heterocycles. The number of imidazole rings is 1. The zero-order valence-corrected chi connectivity index (χ0v) is 16.0. The number of aryl methyl sites for hydroxylation is 2. The van der Waals surface area contributed by atoms with Crippen LogP contribution in [-0.2, 0) is 13.1 Å². The summed E-state index contributed by atoms with van der Waals surface area (Å²) in [6.07, 6.45) is 4.90. The minimum atomic E-state index is -0.225. The highest BCUT2D eigenvalue weighted by molar-refractivity contribution is 5.92. The number of nitrogens with one attached hydrogen (secondary N) is 2. The van der Waals surface area contributed by atoms with Crippen molar-refractivity contribution in [2.45, 2.75) is 39.9 Å². The molecular weight excluding hydrogens is 356 g/mol. The Morgan fingerprint density at radius 3 is 2.82 bits per heavy atom. The van der Waals surface area contributed by atoms with Gasteiger partial charge >= 0.3 is 0 Å². The van der Waals surface area contributed by atoms with Gasteiger partial charge in [0.1, 0.15) is 18.3 Å². The Morgan fingerprint density at radius 1 is 1.21 bits per heavy atom. The maximum absolute atomic E-state index is 12.4. The molecule has 0 saturated carbocycles. The second-order valence-electron chi connectivity index (χ2n) is 7.07. The van der Waals surface area contributed by atoms with Crippen molar-refractivity contribution in [1.82, 2.24) is 39.8 Å². The van der Waals surface area contributed by atoms with Crippen molar-refractivity contribution < 1.29 is 4.79 Å². The van der Waals surface area contributed by atoms with E-state index in [1.54, 1.807) is 17.1 Å². The molecule has 0 saturated heterocycles. The Balaban J connectivity index is 1.44. The molecule has 3 aromatic heterocycles. The minimum Gasteiger partial charge on any atom is -0.346 e. The monoisotopic (exact) mass is 378 g/mol. The summed E-state index contributed by atoms with van der Waals surface area (Å²) in [5.41, 5.74) is 5.66. The maximum Gasteiger partial charge on any atom is 0.272 e. The molecule has 1 atom stereocenters. The lowest BCUT2D eigenvalue weighted by molar-refractivity contribution is 0.0931. The molecule has 4 aromatic rings. The molecule has 0 unspecified atom stereocenters. The first-order valence-corrected chi connectivity index (χ1v) is 9.09. The molecule has 0 spiro atoms. The van der Waals surface area contributed by atoms with E-state index >= 15 is 0 Å². The number of aromatic amines is 1. The van der Waals surface area contributed by atoms with Crippen molar-refractivity contribution in [2.75, 3.05) is 0 Å². The predicted molar refractivity (Wildman–Crippen MR) is 104 cm³/mol. The lowest BCUT2D eigenvalue weighted by Gasteiger charge is -2.12. The van der Waals surface area contributed by atoms with Gasteiger partial charge in [-0.1, -0.05) is 0 Å². The Morgan fingerprint density at radius 2 is 2.04 bits per heavy atom. The third kappa shape index (κ3) is 3.64. The van der Waals surface area contributed by atoms with E-state index in [1.807, 2.05) is 17.8 Å². The molecular formula is C19H22N8O. The third-order valence-corrected chi connectivity index (χ3v) is 4.75. The molecule has 9 nitrogen and oxygen atoms in total. The van der Waals surface area contributed by atoms with Crippen molar-refractivity contribution in [3.8, 4) is 0 Å². The number of carbonyl (C=O) groups is 1. The summed E-state index contributed by atoms with van der Waals surface area (Å²) >= 11 is 0. The highest BCUT2D eigenvalue weighted by Crippen LogP contribution is 2.19. The van der Waals surface area contributed by atoms with Crippen molar-refractivity contribution >= 4 is 16.9 Å². The molecule has 1 aromatic carbocycles. The lowest BCUT2D eigenvalue weighted by atomic mass is 10.1. The number of carbonyl (C=O) groups excluding carboxylic acids is 1. The van der Waals surface area contributed by atoms with Gasteiger partial charge < -0.3 is 9.88 Å². The van der Waals surface area contributed by atoms with Crippen molar-refractivity contribution in [3.63, 3.8) is 0 Å². The molecule has 0 aliphatic rings. The summed E-state index contributed by atoms with van der Waals surface area (Å²) in [5.74, 6) is -0.225. The average molecular weight is 378 g/mol. The van der Waals surface area contributed by atoms with Crippen LogP contribution in [0.4, 0.5) is 0 Å². The summed E-state index contributed by atoms with van der Waals surface area (Å²) in [6, 6.07) is 5.89. The molecule has 0 radical (unpaired) electrons. The predicted octanol–water partition coefficient (Wildman–Crippen LogP) is 1.83. The molecule has 0 aliphatic heterocycles. The van der Waals surface area contributed by atoms with Gasteiger partial charge in [-0.2, -0.15) is 10.2 Å². The van der Waals surface area contributed by atoms with E-state index in [1.165, 1.54) is 17.5 Å². The number of H-pyrrole nitrogens is 1.